The third-order valence-electron chi connectivity index (χ3n) is 2.71. The van der Waals surface area contributed by atoms with Gasteiger partial charge in [-0.15, -0.1) is 10.2 Å². The predicted molar refractivity (Wildman–Crippen MR) is 83.4 cm³/mol. The average molecular weight is 356 g/mol. The molecule has 0 saturated heterocycles. The lowest BCUT2D eigenvalue weighted by molar-refractivity contribution is -0.115. The molecule has 2 aromatic rings. The molecule has 24 heavy (non-hydrogen) atoms. The summed E-state index contributed by atoms with van der Waals surface area (Å²) in [5, 5.41) is 10.8. The van der Waals surface area contributed by atoms with Gasteiger partial charge in [0.1, 0.15) is 5.75 Å². The van der Waals surface area contributed by atoms with Crippen molar-refractivity contribution in [3.63, 3.8) is 0 Å². The number of alkyl halides is 2. The molecule has 0 spiro atoms. The second-order valence-electron chi connectivity index (χ2n) is 4.41. The van der Waals surface area contributed by atoms with E-state index in [1.54, 1.807) is 31.2 Å². The highest BCUT2D eigenvalue weighted by Gasteiger charge is 2.16. The number of carbonyl (C=O) groups excluding carboxylic acids is 2. The molecule has 0 atom stereocenters. The van der Waals surface area contributed by atoms with Crippen LogP contribution in [0.4, 0.5) is 13.9 Å². The average Bonchev–Trinajstić information content (AvgIpc) is 3.02. The summed E-state index contributed by atoms with van der Waals surface area (Å²) in [6.07, 6.45) is -2.75. The van der Waals surface area contributed by atoms with Crippen LogP contribution in [0.15, 0.2) is 24.3 Å². The maximum atomic E-state index is 12.4. The number of nitrogens with zero attached hydrogens (tertiary/aromatic N) is 2. The highest BCUT2D eigenvalue weighted by atomic mass is 32.1. The monoisotopic (exact) mass is 356 g/mol. The fourth-order valence-electron chi connectivity index (χ4n) is 1.73. The smallest absolute Gasteiger partial charge is 0.291 e. The molecular weight excluding hydrogens is 342 g/mol. The van der Waals surface area contributed by atoms with E-state index in [2.05, 4.69) is 20.8 Å². The summed E-state index contributed by atoms with van der Waals surface area (Å²) in [5.74, 6) is -0.683. The molecule has 128 valence electrons. The zero-order chi connectivity index (χ0) is 17.5. The van der Waals surface area contributed by atoms with E-state index < -0.39 is 23.2 Å². The van der Waals surface area contributed by atoms with E-state index in [0.717, 1.165) is 0 Å². The number of hydrogen-bond donors (Lipinski definition) is 2. The van der Waals surface area contributed by atoms with E-state index in [1.807, 2.05) is 0 Å². The molecule has 0 saturated carbocycles. The lowest BCUT2D eigenvalue weighted by Crippen LogP contribution is -2.33. The van der Waals surface area contributed by atoms with Crippen molar-refractivity contribution in [2.75, 3.05) is 18.5 Å². The third-order valence-corrected chi connectivity index (χ3v) is 3.56. The van der Waals surface area contributed by atoms with Gasteiger partial charge in [0.15, 0.2) is 5.01 Å². The van der Waals surface area contributed by atoms with E-state index in [-0.39, 0.29) is 11.7 Å². The quantitative estimate of drug-likeness (QED) is 0.794. The second kappa shape index (κ2) is 8.29. The van der Waals surface area contributed by atoms with Crippen LogP contribution in [0.2, 0.25) is 0 Å². The summed E-state index contributed by atoms with van der Waals surface area (Å²) in [6.45, 7) is 1.84. The fraction of sp³-hybridized carbons (Fsp3) is 0.286. The molecule has 2 rings (SSSR count). The summed E-state index contributed by atoms with van der Waals surface area (Å²) in [5.41, 5.74) is 0.294. The summed E-state index contributed by atoms with van der Waals surface area (Å²) in [4.78, 5) is 23.8. The van der Waals surface area contributed by atoms with Crippen molar-refractivity contribution >= 4 is 28.3 Å². The first-order valence-electron chi connectivity index (χ1n) is 6.92. The Balaban J connectivity index is 1.90. The highest BCUT2D eigenvalue weighted by Crippen LogP contribution is 2.24. The number of hydrogen-bond acceptors (Lipinski definition) is 6. The minimum absolute atomic E-state index is 0.0562. The van der Waals surface area contributed by atoms with Gasteiger partial charge in [-0.05, 0) is 19.1 Å². The van der Waals surface area contributed by atoms with Gasteiger partial charge in [0.05, 0.1) is 18.7 Å². The molecule has 0 radical (unpaired) electrons. The topological polar surface area (TPSA) is 93.2 Å². The molecule has 0 aliphatic heterocycles. The van der Waals surface area contributed by atoms with Crippen molar-refractivity contribution in [2.45, 2.75) is 13.3 Å². The van der Waals surface area contributed by atoms with Gasteiger partial charge in [0.25, 0.3) is 12.3 Å². The molecular formula is C14H14F2N4O3S. The maximum absolute atomic E-state index is 12.4. The Bertz CT molecular complexity index is 724. The van der Waals surface area contributed by atoms with Crippen molar-refractivity contribution in [2.24, 2.45) is 0 Å². The molecule has 1 heterocycles. The Morgan fingerprint density at radius 3 is 2.71 bits per heavy atom. The van der Waals surface area contributed by atoms with Crippen LogP contribution in [-0.4, -0.2) is 35.2 Å². The van der Waals surface area contributed by atoms with Crippen LogP contribution in [0.5, 0.6) is 5.75 Å². The molecule has 0 unspecified atom stereocenters. The Kier molecular flexibility index (Phi) is 6.13. The molecule has 7 nitrogen and oxygen atoms in total. The Morgan fingerprint density at radius 2 is 2.04 bits per heavy atom. The molecule has 2 amide bonds. The SMILES string of the molecule is CCOc1ccccc1C(=O)NCC(=O)Nc1nnc(C(F)F)s1. The third kappa shape index (κ3) is 4.69. The number of carbonyl (C=O) groups is 2. The summed E-state index contributed by atoms with van der Waals surface area (Å²) in [7, 11) is 0. The van der Waals surface area contributed by atoms with Crippen LogP contribution in [0.3, 0.4) is 0 Å². The molecule has 0 bridgehead atoms. The number of halogens is 2. The molecule has 1 aromatic heterocycles. The van der Waals surface area contributed by atoms with Crippen LogP contribution in [0.25, 0.3) is 0 Å². The minimum atomic E-state index is -2.75. The van der Waals surface area contributed by atoms with Crippen LogP contribution in [-0.2, 0) is 4.79 Å². The van der Waals surface area contributed by atoms with Gasteiger partial charge in [-0.1, -0.05) is 23.5 Å². The maximum Gasteiger partial charge on any atom is 0.291 e. The van der Waals surface area contributed by atoms with E-state index in [1.165, 1.54) is 0 Å². The number of rotatable bonds is 7. The van der Waals surface area contributed by atoms with E-state index in [9.17, 15) is 18.4 Å². The van der Waals surface area contributed by atoms with Gasteiger partial charge in [-0.3, -0.25) is 14.9 Å². The molecule has 1 aromatic carbocycles. The summed E-state index contributed by atoms with van der Waals surface area (Å²) in [6, 6.07) is 6.61. The lowest BCUT2D eigenvalue weighted by Gasteiger charge is -2.10. The van der Waals surface area contributed by atoms with Crippen molar-refractivity contribution in [1.29, 1.82) is 0 Å². The number of amides is 2. The van der Waals surface area contributed by atoms with Gasteiger partial charge >= 0.3 is 0 Å². The zero-order valence-corrected chi connectivity index (χ0v) is 13.4. The number of benzene rings is 1. The number of para-hydroxylation sites is 1. The first-order chi connectivity index (χ1) is 11.5. The van der Waals surface area contributed by atoms with Crippen molar-refractivity contribution in [3.8, 4) is 5.75 Å². The van der Waals surface area contributed by atoms with E-state index in [0.29, 0.717) is 29.3 Å². The van der Waals surface area contributed by atoms with Crippen molar-refractivity contribution in [1.82, 2.24) is 15.5 Å². The van der Waals surface area contributed by atoms with Crippen LogP contribution in [0.1, 0.15) is 28.7 Å². The van der Waals surface area contributed by atoms with E-state index >= 15 is 0 Å². The number of anilines is 1. The largest absolute Gasteiger partial charge is 0.493 e. The van der Waals surface area contributed by atoms with Crippen LogP contribution in [0, 0.1) is 0 Å². The fourth-order valence-corrected chi connectivity index (χ4v) is 2.34. The Hall–Kier alpha value is -2.62. The minimum Gasteiger partial charge on any atom is -0.493 e. The second-order valence-corrected chi connectivity index (χ2v) is 5.42. The van der Waals surface area contributed by atoms with Gasteiger partial charge in [-0.25, -0.2) is 8.78 Å². The van der Waals surface area contributed by atoms with Gasteiger partial charge < -0.3 is 10.1 Å². The molecule has 2 N–H and O–H groups in total. The summed E-state index contributed by atoms with van der Waals surface area (Å²) < 4.78 is 30.1. The Labute approximate surface area is 140 Å². The van der Waals surface area contributed by atoms with Crippen molar-refractivity contribution in [3.05, 3.63) is 34.8 Å². The lowest BCUT2D eigenvalue weighted by atomic mass is 10.2. The first-order valence-corrected chi connectivity index (χ1v) is 7.74. The number of aromatic nitrogens is 2. The number of nitrogens with one attached hydrogen (secondary N) is 2. The predicted octanol–water partition coefficient (Wildman–Crippen LogP) is 2.24. The van der Waals surface area contributed by atoms with E-state index in [4.69, 9.17) is 4.74 Å². The molecule has 10 heteroatoms. The summed E-state index contributed by atoms with van der Waals surface area (Å²) >= 11 is 0.572. The molecule has 0 fully saturated rings. The van der Waals surface area contributed by atoms with Crippen LogP contribution >= 0.6 is 11.3 Å². The van der Waals surface area contributed by atoms with Gasteiger partial charge in [0.2, 0.25) is 11.0 Å². The Morgan fingerprint density at radius 1 is 1.29 bits per heavy atom. The highest BCUT2D eigenvalue weighted by molar-refractivity contribution is 7.15. The number of ether oxygens (including phenoxy) is 1. The normalized spacial score (nSPS) is 10.5. The molecule has 0 aliphatic carbocycles. The van der Waals surface area contributed by atoms with Gasteiger partial charge in [0, 0.05) is 0 Å². The van der Waals surface area contributed by atoms with Gasteiger partial charge in [-0.2, -0.15) is 0 Å². The standard InChI is InChI=1S/C14H14F2N4O3S/c1-2-23-9-6-4-3-5-8(9)12(22)17-7-10(21)18-14-20-19-13(24-14)11(15)16/h3-6,11H,2,7H2,1H3,(H,17,22)(H,18,20,21). The zero-order valence-electron chi connectivity index (χ0n) is 12.6. The molecule has 0 aliphatic rings. The van der Waals surface area contributed by atoms with Crippen molar-refractivity contribution < 1.29 is 23.1 Å². The first kappa shape index (κ1) is 17.7. The van der Waals surface area contributed by atoms with Crippen LogP contribution < -0.4 is 15.4 Å².